The van der Waals surface area contributed by atoms with Gasteiger partial charge in [-0.05, 0) is 57.0 Å². The average molecular weight is 486 g/mol. The summed E-state index contributed by atoms with van der Waals surface area (Å²) in [4.78, 5) is 25.4. The Morgan fingerprint density at radius 3 is 2.76 bits per heavy atom. The van der Waals surface area contributed by atoms with E-state index in [9.17, 15) is 4.79 Å². The number of hydrogen-bond donors (Lipinski definition) is 0. The fourth-order valence-electron chi connectivity index (χ4n) is 3.69. The van der Waals surface area contributed by atoms with Crippen molar-refractivity contribution in [2.45, 2.75) is 44.9 Å². The summed E-state index contributed by atoms with van der Waals surface area (Å²) in [5.74, 6) is 0.727. The second-order valence-electron chi connectivity index (χ2n) is 8.14. The van der Waals surface area contributed by atoms with Crippen LogP contribution in [0.4, 0.5) is 10.6 Å². The van der Waals surface area contributed by atoms with Gasteiger partial charge in [-0.3, -0.25) is 0 Å². The van der Waals surface area contributed by atoms with Gasteiger partial charge >= 0.3 is 6.09 Å². The molecule has 1 aliphatic heterocycles. The third-order valence-corrected chi connectivity index (χ3v) is 5.58. The molecular formula is C20H26BrClN4O3. The Balaban J connectivity index is 1.93. The van der Waals surface area contributed by atoms with E-state index < -0.39 is 5.60 Å². The third-order valence-electron chi connectivity index (χ3n) is 4.92. The average Bonchev–Trinajstić information content (AvgIpc) is 3.02. The number of aromatic nitrogens is 2. The van der Waals surface area contributed by atoms with Gasteiger partial charge in [0.25, 0.3) is 0 Å². The highest BCUT2D eigenvalue weighted by Gasteiger charge is 2.41. The number of halogens is 2. The lowest BCUT2D eigenvalue weighted by molar-refractivity contribution is 0.0136. The van der Waals surface area contributed by atoms with Crippen molar-refractivity contribution in [3.63, 3.8) is 0 Å². The molecule has 29 heavy (non-hydrogen) atoms. The number of rotatable bonds is 4. The van der Waals surface area contributed by atoms with Gasteiger partial charge in [0.15, 0.2) is 0 Å². The van der Waals surface area contributed by atoms with E-state index in [0.29, 0.717) is 13.2 Å². The molecule has 0 N–H and O–H groups in total. The van der Waals surface area contributed by atoms with Crippen molar-refractivity contribution in [1.82, 2.24) is 14.9 Å². The smallest absolute Gasteiger partial charge is 0.410 e. The van der Waals surface area contributed by atoms with Crippen LogP contribution in [-0.4, -0.2) is 66.0 Å². The summed E-state index contributed by atoms with van der Waals surface area (Å²) in [5.41, 5.74) is 0.203. The van der Waals surface area contributed by atoms with Gasteiger partial charge in [-0.2, -0.15) is 4.98 Å². The molecule has 158 valence electrons. The third kappa shape index (κ3) is 4.92. The van der Waals surface area contributed by atoms with Crippen molar-refractivity contribution in [1.29, 1.82) is 0 Å². The minimum Gasteiger partial charge on any atom is -0.444 e. The molecule has 2 heterocycles. The van der Waals surface area contributed by atoms with Crippen LogP contribution in [0.1, 0.15) is 27.2 Å². The molecule has 0 radical (unpaired) electrons. The van der Waals surface area contributed by atoms with Crippen LogP contribution in [0.3, 0.4) is 0 Å². The molecule has 0 spiro atoms. The zero-order valence-corrected chi connectivity index (χ0v) is 19.6. The number of benzene rings is 1. The van der Waals surface area contributed by atoms with E-state index in [2.05, 4.69) is 30.8 Å². The number of likely N-dealkylation sites (tertiary alicyclic amines) is 1. The van der Waals surface area contributed by atoms with Crippen LogP contribution >= 0.6 is 27.5 Å². The van der Waals surface area contributed by atoms with Crippen LogP contribution in [0.25, 0.3) is 10.9 Å². The molecule has 1 aliphatic rings. The standard InChI is InChI=1S/C20H26BrClN4O3/c1-20(2,3)29-19(27)26-9-8-15(16(26)11-28-5)25(4)17-13-7-6-12(21)10-14(13)23-18(22)24-17/h6-7,10,15-16H,8-9,11H2,1-5H3/t15-,16?/m1/s1. The van der Waals surface area contributed by atoms with Crippen molar-refractivity contribution in [2.24, 2.45) is 0 Å². The van der Waals surface area contributed by atoms with Crippen molar-refractivity contribution < 1.29 is 14.3 Å². The van der Waals surface area contributed by atoms with Gasteiger partial charge in [0, 0.05) is 30.6 Å². The number of ether oxygens (including phenoxy) is 2. The molecule has 1 fully saturated rings. The summed E-state index contributed by atoms with van der Waals surface area (Å²) >= 11 is 9.67. The molecule has 7 nitrogen and oxygen atoms in total. The fourth-order valence-corrected chi connectivity index (χ4v) is 4.21. The second kappa shape index (κ2) is 8.62. The molecule has 1 saturated heterocycles. The van der Waals surface area contributed by atoms with E-state index in [0.717, 1.165) is 27.6 Å². The first kappa shape index (κ1) is 22.1. The first-order chi connectivity index (χ1) is 13.6. The number of nitrogens with zero attached hydrogens (tertiary/aromatic N) is 4. The van der Waals surface area contributed by atoms with Gasteiger partial charge in [-0.25, -0.2) is 9.78 Å². The van der Waals surface area contributed by atoms with E-state index >= 15 is 0 Å². The molecule has 2 aromatic rings. The molecule has 0 saturated carbocycles. The van der Waals surface area contributed by atoms with Gasteiger partial charge in [0.2, 0.25) is 5.28 Å². The number of amides is 1. The zero-order chi connectivity index (χ0) is 21.3. The van der Waals surface area contributed by atoms with Gasteiger partial charge in [0.1, 0.15) is 11.4 Å². The van der Waals surface area contributed by atoms with Crippen LogP contribution < -0.4 is 4.90 Å². The SMILES string of the molecule is COCC1[C@H](N(C)c2nc(Cl)nc3cc(Br)ccc23)CCN1C(=O)OC(C)(C)C. The maximum absolute atomic E-state index is 12.7. The topological polar surface area (TPSA) is 67.8 Å². The number of carbonyl (C=O) groups is 1. The van der Waals surface area contributed by atoms with Gasteiger partial charge in [0.05, 0.1) is 24.2 Å². The van der Waals surface area contributed by atoms with Crippen LogP contribution in [0.2, 0.25) is 5.28 Å². The van der Waals surface area contributed by atoms with E-state index in [1.807, 2.05) is 46.0 Å². The molecule has 1 aromatic carbocycles. The van der Waals surface area contributed by atoms with E-state index in [1.54, 1.807) is 12.0 Å². The Morgan fingerprint density at radius 2 is 2.10 bits per heavy atom. The molecule has 9 heteroatoms. The van der Waals surface area contributed by atoms with Crippen molar-refractivity contribution in [3.8, 4) is 0 Å². The number of anilines is 1. The monoisotopic (exact) mass is 484 g/mol. The Kier molecular flexibility index (Phi) is 6.55. The van der Waals surface area contributed by atoms with Crippen LogP contribution in [0.15, 0.2) is 22.7 Å². The molecule has 3 rings (SSSR count). The van der Waals surface area contributed by atoms with Gasteiger partial charge < -0.3 is 19.3 Å². The van der Waals surface area contributed by atoms with E-state index in [1.165, 1.54) is 0 Å². The van der Waals surface area contributed by atoms with Crippen LogP contribution in [0, 0.1) is 0 Å². The maximum atomic E-state index is 12.7. The van der Waals surface area contributed by atoms with Crippen molar-refractivity contribution >= 4 is 50.3 Å². The first-order valence-corrected chi connectivity index (χ1v) is 10.6. The minimum atomic E-state index is -0.553. The predicted molar refractivity (Wildman–Crippen MR) is 118 cm³/mol. The summed E-state index contributed by atoms with van der Waals surface area (Å²) in [6, 6.07) is 5.66. The molecule has 1 amide bonds. The quantitative estimate of drug-likeness (QED) is 0.594. The molecule has 1 unspecified atom stereocenters. The Morgan fingerprint density at radius 1 is 1.38 bits per heavy atom. The number of hydrogen-bond acceptors (Lipinski definition) is 6. The summed E-state index contributed by atoms with van der Waals surface area (Å²) in [6.45, 7) is 6.58. The predicted octanol–water partition coefficient (Wildman–Crippen LogP) is 4.51. The summed E-state index contributed by atoms with van der Waals surface area (Å²) in [5, 5.41) is 1.08. The summed E-state index contributed by atoms with van der Waals surface area (Å²) in [7, 11) is 3.60. The molecule has 1 aromatic heterocycles. The van der Waals surface area contributed by atoms with Gasteiger partial charge in [-0.1, -0.05) is 15.9 Å². The van der Waals surface area contributed by atoms with Crippen molar-refractivity contribution in [3.05, 3.63) is 28.0 Å². The molecule has 2 atom stereocenters. The number of methoxy groups -OCH3 is 1. The highest BCUT2D eigenvalue weighted by molar-refractivity contribution is 9.10. The van der Waals surface area contributed by atoms with E-state index in [-0.39, 0.29) is 23.5 Å². The maximum Gasteiger partial charge on any atom is 0.410 e. The Hall–Kier alpha value is -1.64. The summed E-state index contributed by atoms with van der Waals surface area (Å²) < 4.78 is 12.0. The normalized spacial score (nSPS) is 19.6. The lowest BCUT2D eigenvalue weighted by Crippen LogP contribution is -2.49. The highest BCUT2D eigenvalue weighted by atomic mass is 79.9. The second-order valence-corrected chi connectivity index (χ2v) is 9.39. The zero-order valence-electron chi connectivity index (χ0n) is 17.3. The fraction of sp³-hybridized carbons (Fsp3) is 0.550. The number of carbonyl (C=O) groups excluding carboxylic acids is 1. The van der Waals surface area contributed by atoms with Gasteiger partial charge in [-0.15, -0.1) is 0 Å². The highest BCUT2D eigenvalue weighted by Crippen LogP contribution is 2.32. The Bertz CT molecular complexity index is 900. The summed E-state index contributed by atoms with van der Waals surface area (Å²) in [6.07, 6.45) is 0.439. The van der Waals surface area contributed by atoms with Crippen LogP contribution in [-0.2, 0) is 9.47 Å². The van der Waals surface area contributed by atoms with Crippen molar-refractivity contribution in [2.75, 3.05) is 32.2 Å². The van der Waals surface area contributed by atoms with E-state index in [4.69, 9.17) is 21.1 Å². The molecule has 0 aliphatic carbocycles. The lowest BCUT2D eigenvalue weighted by Gasteiger charge is -2.34. The molecular weight excluding hydrogens is 460 g/mol. The largest absolute Gasteiger partial charge is 0.444 e. The minimum absolute atomic E-state index is 0.000261. The number of fused-ring (bicyclic) bond motifs is 1. The van der Waals surface area contributed by atoms with Crippen LogP contribution in [0.5, 0.6) is 0 Å². The Labute approximate surface area is 184 Å². The number of likely N-dealkylation sites (N-methyl/N-ethyl adjacent to an activating group) is 1. The lowest BCUT2D eigenvalue weighted by atomic mass is 10.1. The first-order valence-electron chi connectivity index (χ1n) is 9.45. The molecule has 0 bridgehead atoms.